The highest BCUT2D eigenvalue weighted by atomic mass is 19.1. The van der Waals surface area contributed by atoms with Gasteiger partial charge in [0, 0.05) is 12.6 Å². The number of hydrogen-bond donors (Lipinski definition) is 1. The van der Waals surface area contributed by atoms with Crippen LogP contribution in [0.2, 0.25) is 0 Å². The van der Waals surface area contributed by atoms with E-state index in [1.54, 1.807) is 6.07 Å². The van der Waals surface area contributed by atoms with Gasteiger partial charge in [-0.3, -0.25) is 0 Å². The van der Waals surface area contributed by atoms with Gasteiger partial charge in [-0.2, -0.15) is 0 Å². The molecule has 2 aromatic rings. The second-order valence-corrected chi connectivity index (χ2v) is 5.68. The average Bonchev–Trinajstić information content (AvgIpc) is 2.45. The van der Waals surface area contributed by atoms with Crippen molar-refractivity contribution in [2.24, 2.45) is 5.73 Å². The Balaban J connectivity index is 1.85. The van der Waals surface area contributed by atoms with Crippen molar-refractivity contribution in [3.8, 4) is 0 Å². The molecule has 0 aliphatic rings. The molecular formula is C18H23FN2. The van der Waals surface area contributed by atoms with Crippen LogP contribution in [0.3, 0.4) is 0 Å². The number of nitrogens with zero attached hydrogens (tertiary/aromatic N) is 1. The molecule has 1 atom stereocenters. The Morgan fingerprint density at radius 3 is 2.62 bits per heavy atom. The Morgan fingerprint density at radius 1 is 1.14 bits per heavy atom. The standard InChI is InChI=1S/C18H23FN2/c1-14-5-3-6-15(11-14)13-21(2)10-9-18(20)16-7-4-8-17(19)12-16/h3-8,11-12,18H,9-10,13,20H2,1-2H3. The first kappa shape index (κ1) is 15.7. The van der Waals surface area contributed by atoms with Crippen LogP contribution in [0.15, 0.2) is 48.5 Å². The van der Waals surface area contributed by atoms with Gasteiger partial charge in [0.1, 0.15) is 5.82 Å². The van der Waals surface area contributed by atoms with E-state index in [1.165, 1.54) is 23.3 Å². The fraction of sp³-hybridized carbons (Fsp3) is 0.333. The number of aryl methyl sites for hydroxylation is 1. The molecule has 0 saturated carbocycles. The van der Waals surface area contributed by atoms with E-state index in [2.05, 4.69) is 43.1 Å². The monoisotopic (exact) mass is 286 g/mol. The number of hydrogen-bond acceptors (Lipinski definition) is 2. The zero-order valence-corrected chi connectivity index (χ0v) is 12.7. The molecule has 0 spiro atoms. The maximum absolute atomic E-state index is 13.2. The predicted molar refractivity (Wildman–Crippen MR) is 85.5 cm³/mol. The van der Waals surface area contributed by atoms with Gasteiger partial charge in [-0.25, -0.2) is 4.39 Å². The van der Waals surface area contributed by atoms with Crippen molar-refractivity contribution < 1.29 is 4.39 Å². The van der Waals surface area contributed by atoms with Crippen LogP contribution < -0.4 is 5.73 Å². The quantitative estimate of drug-likeness (QED) is 0.878. The summed E-state index contributed by atoms with van der Waals surface area (Å²) in [4.78, 5) is 2.24. The first-order valence-corrected chi connectivity index (χ1v) is 7.30. The van der Waals surface area contributed by atoms with Crippen molar-refractivity contribution in [3.05, 3.63) is 71.0 Å². The highest BCUT2D eigenvalue weighted by molar-refractivity contribution is 5.22. The second kappa shape index (κ2) is 7.34. The number of rotatable bonds is 6. The fourth-order valence-corrected chi connectivity index (χ4v) is 2.46. The molecule has 2 aromatic carbocycles. The molecule has 0 amide bonds. The Kier molecular flexibility index (Phi) is 5.48. The lowest BCUT2D eigenvalue weighted by Crippen LogP contribution is -2.23. The molecular weight excluding hydrogens is 263 g/mol. The molecule has 0 heterocycles. The van der Waals surface area contributed by atoms with Crippen LogP contribution in [0.1, 0.15) is 29.2 Å². The molecule has 0 aliphatic carbocycles. The number of nitrogens with two attached hydrogens (primary N) is 1. The summed E-state index contributed by atoms with van der Waals surface area (Å²) in [6.45, 7) is 3.88. The second-order valence-electron chi connectivity index (χ2n) is 5.68. The van der Waals surface area contributed by atoms with Crippen molar-refractivity contribution in [3.63, 3.8) is 0 Å². The summed E-state index contributed by atoms with van der Waals surface area (Å²) in [6.07, 6.45) is 0.811. The van der Waals surface area contributed by atoms with Gasteiger partial charge in [0.05, 0.1) is 0 Å². The molecule has 2 N–H and O–H groups in total. The van der Waals surface area contributed by atoms with Crippen molar-refractivity contribution in [1.82, 2.24) is 4.90 Å². The smallest absolute Gasteiger partial charge is 0.123 e. The van der Waals surface area contributed by atoms with Crippen LogP contribution in [-0.2, 0) is 6.54 Å². The molecule has 21 heavy (non-hydrogen) atoms. The fourth-order valence-electron chi connectivity index (χ4n) is 2.46. The third-order valence-corrected chi connectivity index (χ3v) is 3.63. The van der Waals surface area contributed by atoms with E-state index >= 15 is 0 Å². The van der Waals surface area contributed by atoms with Gasteiger partial charge >= 0.3 is 0 Å². The summed E-state index contributed by atoms with van der Waals surface area (Å²) >= 11 is 0. The van der Waals surface area contributed by atoms with Crippen LogP contribution in [0.5, 0.6) is 0 Å². The van der Waals surface area contributed by atoms with Gasteiger partial charge in [-0.1, -0.05) is 42.0 Å². The normalized spacial score (nSPS) is 12.6. The van der Waals surface area contributed by atoms with E-state index in [1.807, 2.05) is 6.07 Å². The molecule has 0 aliphatic heterocycles. The van der Waals surface area contributed by atoms with Gasteiger partial charge < -0.3 is 10.6 Å². The van der Waals surface area contributed by atoms with E-state index in [0.717, 1.165) is 25.1 Å². The Bertz CT molecular complexity index is 583. The molecule has 3 heteroatoms. The SMILES string of the molecule is Cc1cccc(CN(C)CCC(N)c2cccc(F)c2)c1. The van der Waals surface area contributed by atoms with Crippen molar-refractivity contribution in [2.75, 3.05) is 13.6 Å². The maximum atomic E-state index is 13.2. The first-order valence-electron chi connectivity index (χ1n) is 7.30. The van der Waals surface area contributed by atoms with Crippen molar-refractivity contribution in [1.29, 1.82) is 0 Å². The topological polar surface area (TPSA) is 29.3 Å². The number of benzene rings is 2. The third kappa shape index (κ3) is 4.96. The molecule has 2 rings (SSSR count). The molecule has 0 bridgehead atoms. The van der Waals surface area contributed by atoms with Crippen LogP contribution in [0, 0.1) is 12.7 Å². The van der Waals surface area contributed by atoms with E-state index in [0.29, 0.717) is 0 Å². The Morgan fingerprint density at radius 2 is 1.90 bits per heavy atom. The summed E-state index contributed by atoms with van der Waals surface area (Å²) in [6, 6.07) is 14.9. The summed E-state index contributed by atoms with van der Waals surface area (Å²) in [7, 11) is 2.08. The molecule has 0 saturated heterocycles. The van der Waals surface area contributed by atoms with Gasteiger partial charge in [0.25, 0.3) is 0 Å². The highest BCUT2D eigenvalue weighted by Crippen LogP contribution is 2.16. The van der Waals surface area contributed by atoms with E-state index in [9.17, 15) is 4.39 Å². The van der Waals surface area contributed by atoms with E-state index < -0.39 is 0 Å². The molecule has 0 aromatic heterocycles. The summed E-state index contributed by atoms with van der Waals surface area (Å²) in [5, 5.41) is 0. The van der Waals surface area contributed by atoms with Gasteiger partial charge in [0.15, 0.2) is 0 Å². The lowest BCUT2D eigenvalue weighted by molar-refractivity contribution is 0.311. The van der Waals surface area contributed by atoms with Gasteiger partial charge in [-0.05, 0) is 50.2 Å². The zero-order valence-electron chi connectivity index (χ0n) is 12.7. The van der Waals surface area contributed by atoms with Gasteiger partial charge in [0.2, 0.25) is 0 Å². The molecule has 112 valence electrons. The minimum Gasteiger partial charge on any atom is -0.324 e. The largest absolute Gasteiger partial charge is 0.324 e. The molecule has 1 unspecified atom stereocenters. The Hall–Kier alpha value is -1.71. The lowest BCUT2D eigenvalue weighted by Gasteiger charge is -2.20. The van der Waals surface area contributed by atoms with Crippen LogP contribution in [0.25, 0.3) is 0 Å². The highest BCUT2D eigenvalue weighted by Gasteiger charge is 2.09. The first-order chi connectivity index (χ1) is 10.0. The zero-order chi connectivity index (χ0) is 15.2. The van der Waals surface area contributed by atoms with E-state index in [4.69, 9.17) is 5.73 Å². The summed E-state index contributed by atoms with van der Waals surface area (Å²) in [5.41, 5.74) is 9.57. The summed E-state index contributed by atoms with van der Waals surface area (Å²) in [5.74, 6) is -0.226. The molecule has 0 radical (unpaired) electrons. The summed E-state index contributed by atoms with van der Waals surface area (Å²) < 4.78 is 13.2. The maximum Gasteiger partial charge on any atom is 0.123 e. The average molecular weight is 286 g/mol. The predicted octanol–water partition coefficient (Wildman–Crippen LogP) is 3.66. The molecule has 2 nitrogen and oxygen atoms in total. The molecule has 0 fully saturated rings. The van der Waals surface area contributed by atoms with Crippen LogP contribution >= 0.6 is 0 Å². The van der Waals surface area contributed by atoms with Crippen molar-refractivity contribution in [2.45, 2.75) is 25.9 Å². The van der Waals surface area contributed by atoms with Crippen molar-refractivity contribution >= 4 is 0 Å². The van der Waals surface area contributed by atoms with Gasteiger partial charge in [-0.15, -0.1) is 0 Å². The minimum absolute atomic E-state index is 0.124. The Labute approximate surface area is 126 Å². The van der Waals surface area contributed by atoms with Crippen LogP contribution in [0.4, 0.5) is 4.39 Å². The number of halogens is 1. The van der Waals surface area contributed by atoms with Crippen LogP contribution in [-0.4, -0.2) is 18.5 Å². The third-order valence-electron chi connectivity index (χ3n) is 3.63. The van der Waals surface area contributed by atoms with E-state index in [-0.39, 0.29) is 11.9 Å². The lowest BCUT2D eigenvalue weighted by atomic mass is 10.0. The minimum atomic E-state index is -0.226.